The molecule has 0 spiro atoms. The topological polar surface area (TPSA) is 3.01 Å². The summed E-state index contributed by atoms with van der Waals surface area (Å²) in [6.07, 6.45) is 0. The van der Waals surface area contributed by atoms with Gasteiger partial charge in [-0.15, -0.1) is 0 Å². The van der Waals surface area contributed by atoms with Crippen molar-refractivity contribution in [1.82, 2.24) is 0 Å². The smallest absolute Gasteiger partial charge is 0.232 e. The van der Waals surface area contributed by atoms with Gasteiger partial charge in [-0.05, 0) is 39.3 Å². The highest BCUT2D eigenvalue weighted by atomic mass is 35.5. The third kappa shape index (κ3) is 4.13. The molecule has 0 aromatic heterocycles. The Morgan fingerprint density at radius 3 is 1.40 bits per heavy atom. The van der Waals surface area contributed by atoms with Gasteiger partial charge in [0.2, 0.25) is 5.67 Å². The van der Waals surface area contributed by atoms with Gasteiger partial charge in [-0.3, -0.25) is 0 Å². The quantitative estimate of drug-likeness (QED) is 0.386. The standard InChI is InChI=1S/C7H15ClN.ClH/c1-6(2)9(5-8)7(3)4;/h5-7H,1-4H3;1H/q+1;/p-1. The zero-order valence-electron chi connectivity index (χ0n) is 6.94. The normalized spacial score (nSPS) is 9.50. The number of halogens is 2. The van der Waals surface area contributed by atoms with E-state index in [2.05, 4.69) is 32.3 Å². The first kappa shape index (κ1) is 12.9. The molecule has 10 heavy (non-hydrogen) atoms. The summed E-state index contributed by atoms with van der Waals surface area (Å²) in [5, 5.41) is 0. The Kier molecular flexibility index (Phi) is 7.72. The third-order valence-corrected chi connectivity index (χ3v) is 1.53. The third-order valence-electron chi connectivity index (χ3n) is 1.31. The Hall–Kier alpha value is 0.250. The predicted molar refractivity (Wildman–Crippen MR) is 42.4 cm³/mol. The van der Waals surface area contributed by atoms with Crippen LogP contribution in [0.5, 0.6) is 0 Å². The maximum atomic E-state index is 5.56. The lowest BCUT2D eigenvalue weighted by Gasteiger charge is -2.08. The van der Waals surface area contributed by atoms with Crippen molar-refractivity contribution in [2.45, 2.75) is 39.8 Å². The molecule has 0 aromatic rings. The molecule has 0 aliphatic carbocycles. The predicted octanol–water partition coefficient (Wildman–Crippen LogP) is -0.913. The van der Waals surface area contributed by atoms with Crippen LogP contribution in [-0.2, 0) is 0 Å². The Morgan fingerprint density at radius 2 is 1.40 bits per heavy atom. The molecule has 1 nitrogen and oxygen atoms in total. The van der Waals surface area contributed by atoms with Gasteiger partial charge in [-0.25, -0.2) is 4.58 Å². The molecular formula is C7H15Cl2N. The molecule has 0 radical (unpaired) electrons. The summed E-state index contributed by atoms with van der Waals surface area (Å²) < 4.78 is 2.10. The van der Waals surface area contributed by atoms with Crippen LogP contribution < -0.4 is 12.4 Å². The first-order valence-corrected chi connectivity index (χ1v) is 3.74. The number of nitrogens with zero attached hydrogens (tertiary/aromatic N) is 1. The largest absolute Gasteiger partial charge is 1.00 e. The monoisotopic (exact) mass is 183 g/mol. The average Bonchev–Trinajstić information content (AvgIpc) is 1.64. The van der Waals surface area contributed by atoms with Gasteiger partial charge in [-0.1, -0.05) is 0 Å². The number of hydrogen-bond donors (Lipinski definition) is 0. The summed E-state index contributed by atoms with van der Waals surface area (Å²) in [7, 11) is 0. The van der Waals surface area contributed by atoms with E-state index >= 15 is 0 Å². The SMILES string of the molecule is CC(C)[N+](=CCl)C(C)C.[Cl-]. The molecular weight excluding hydrogens is 169 g/mol. The van der Waals surface area contributed by atoms with E-state index in [0.717, 1.165) is 0 Å². The van der Waals surface area contributed by atoms with E-state index in [-0.39, 0.29) is 12.4 Å². The summed E-state index contributed by atoms with van der Waals surface area (Å²) in [5.74, 6) is 0. The summed E-state index contributed by atoms with van der Waals surface area (Å²) >= 11 is 5.56. The molecule has 0 aliphatic rings. The molecule has 0 amide bonds. The van der Waals surface area contributed by atoms with E-state index in [4.69, 9.17) is 11.6 Å². The highest BCUT2D eigenvalue weighted by Crippen LogP contribution is 1.95. The van der Waals surface area contributed by atoms with Crippen LogP contribution in [0.25, 0.3) is 0 Å². The molecule has 0 heterocycles. The second kappa shape index (κ2) is 5.99. The zero-order valence-corrected chi connectivity index (χ0v) is 8.45. The first-order chi connectivity index (χ1) is 4.09. The van der Waals surface area contributed by atoms with Crippen LogP contribution in [0.1, 0.15) is 27.7 Å². The van der Waals surface area contributed by atoms with Crippen molar-refractivity contribution in [1.29, 1.82) is 0 Å². The molecule has 0 atom stereocenters. The lowest BCUT2D eigenvalue weighted by Crippen LogP contribution is -3.00. The van der Waals surface area contributed by atoms with Crippen molar-refractivity contribution in [2.75, 3.05) is 0 Å². The first-order valence-electron chi connectivity index (χ1n) is 3.30. The van der Waals surface area contributed by atoms with Gasteiger partial charge >= 0.3 is 0 Å². The van der Waals surface area contributed by atoms with E-state index < -0.39 is 0 Å². The minimum absolute atomic E-state index is 0. The Labute approximate surface area is 74.5 Å². The van der Waals surface area contributed by atoms with Gasteiger partial charge in [0.25, 0.3) is 0 Å². The fourth-order valence-corrected chi connectivity index (χ4v) is 1.27. The van der Waals surface area contributed by atoms with Crippen molar-refractivity contribution in [3.63, 3.8) is 0 Å². The molecule has 0 unspecified atom stereocenters. The van der Waals surface area contributed by atoms with Crippen molar-refractivity contribution in [3.8, 4) is 0 Å². The zero-order chi connectivity index (χ0) is 7.44. The van der Waals surface area contributed by atoms with E-state index in [1.807, 2.05) is 0 Å². The van der Waals surface area contributed by atoms with Gasteiger partial charge < -0.3 is 12.4 Å². The average molecular weight is 184 g/mol. The van der Waals surface area contributed by atoms with Crippen LogP contribution in [-0.4, -0.2) is 22.3 Å². The summed E-state index contributed by atoms with van der Waals surface area (Å²) in [5.41, 5.74) is 1.62. The molecule has 0 aromatic carbocycles. The lowest BCUT2D eigenvalue weighted by molar-refractivity contribution is -0.581. The molecule has 0 saturated heterocycles. The van der Waals surface area contributed by atoms with Crippen molar-refractivity contribution in [3.05, 3.63) is 0 Å². The van der Waals surface area contributed by atoms with Gasteiger partial charge in [0, 0.05) is 0 Å². The Balaban J connectivity index is 0. The van der Waals surface area contributed by atoms with Crippen molar-refractivity contribution >= 4 is 17.3 Å². The molecule has 0 bridgehead atoms. The Morgan fingerprint density at radius 1 is 1.10 bits per heavy atom. The molecule has 3 heteroatoms. The summed E-state index contributed by atoms with van der Waals surface area (Å²) in [6.45, 7) is 8.50. The minimum Gasteiger partial charge on any atom is -1.00 e. The summed E-state index contributed by atoms with van der Waals surface area (Å²) in [4.78, 5) is 0. The van der Waals surface area contributed by atoms with Crippen LogP contribution in [0.2, 0.25) is 0 Å². The Bertz CT molecular complexity index is 98.2. The van der Waals surface area contributed by atoms with E-state index in [1.165, 1.54) is 0 Å². The fraction of sp³-hybridized carbons (Fsp3) is 0.857. The van der Waals surface area contributed by atoms with Gasteiger partial charge in [0.1, 0.15) is 12.1 Å². The van der Waals surface area contributed by atoms with Gasteiger partial charge in [0.15, 0.2) is 0 Å². The molecule has 0 saturated carbocycles. The fourth-order valence-electron chi connectivity index (χ4n) is 0.822. The maximum Gasteiger partial charge on any atom is 0.232 e. The van der Waals surface area contributed by atoms with Crippen LogP contribution >= 0.6 is 11.6 Å². The van der Waals surface area contributed by atoms with Crippen molar-refractivity contribution in [2.24, 2.45) is 0 Å². The highest BCUT2D eigenvalue weighted by Gasteiger charge is 2.11. The number of hydrogen-bond acceptors (Lipinski definition) is 0. The van der Waals surface area contributed by atoms with Crippen molar-refractivity contribution < 1.29 is 17.0 Å². The molecule has 0 fully saturated rings. The van der Waals surface area contributed by atoms with Crippen LogP contribution in [0.15, 0.2) is 0 Å². The number of rotatable bonds is 2. The van der Waals surface area contributed by atoms with Crippen LogP contribution in [0.4, 0.5) is 0 Å². The van der Waals surface area contributed by atoms with Crippen LogP contribution in [0, 0.1) is 0 Å². The minimum atomic E-state index is 0. The van der Waals surface area contributed by atoms with Gasteiger partial charge in [0.05, 0.1) is 0 Å². The molecule has 0 rings (SSSR count). The molecule has 0 N–H and O–H groups in total. The maximum absolute atomic E-state index is 5.56. The molecule has 0 aliphatic heterocycles. The molecule has 62 valence electrons. The van der Waals surface area contributed by atoms with E-state index in [9.17, 15) is 0 Å². The second-order valence-corrected chi connectivity index (χ2v) is 2.93. The van der Waals surface area contributed by atoms with Crippen LogP contribution in [0.3, 0.4) is 0 Å². The second-order valence-electron chi connectivity index (χ2n) is 2.73. The van der Waals surface area contributed by atoms with E-state index in [0.29, 0.717) is 12.1 Å². The lowest BCUT2D eigenvalue weighted by atomic mass is 10.3. The van der Waals surface area contributed by atoms with Gasteiger partial charge in [-0.2, -0.15) is 0 Å². The van der Waals surface area contributed by atoms with E-state index in [1.54, 1.807) is 5.67 Å². The highest BCUT2D eigenvalue weighted by molar-refractivity contribution is 6.54. The summed E-state index contributed by atoms with van der Waals surface area (Å²) in [6, 6.07) is 1.00.